The zero-order chi connectivity index (χ0) is 18.0. The number of nitrogens with one attached hydrogen (secondary N) is 1. The van der Waals surface area contributed by atoms with Crippen molar-refractivity contribution in [2.75, 3.05) is 33.9 Å². The highest BCUT2D eigenvalue weighted by Gasteiger charge is 2.35. The molecule has 0 aliphatic carbocycles. The largest absolute Gasteiger partial charge is 0.493 e. The van der Waals surface area contributed by atoms with Crippen molar-refractivity contribution in [2.45, 2.75) is 18.9 Å². The Balaban J connectivity index is 1.77. The number of methoxy groups -OCH3 is 2. The molecule has 25 heavy (non-hydrogen) atoms. The van der Waals surface area contributed by atoms with E-state index in [4.69, 9.17) is 9.47 Å². The predicted molar refractivity (Wildman–Crippen MR) is 88.3 cm³/mol. The van der Waals surface area contributed by atoms with Crippen LogP contribution in [0, 0.1) is 0 Å². The van der Waals surface area contributed by atoms with Crippen molar-refractivity contribution in [1.29, 1.82) is 0 Å². The molecule has 1 unspecified atom stereocenters. The molecule has 8 nitrogen and oxygen atoms in total. The van der Waals surface area contributed by atoms with Crippen LogP contribution in [0.15, 0.2) is 18.2 Å². The standard InChI is InChI=1S/C17H21N3O5/c1-24-13-6-5-11(8-14(13)25-2)12-4-3-7-19(12)16(22)10-20-15(21)9-18-17(20)23/h5-6,8,12H,3-4,7,9-10H2,1-2H3,(H,18,23). The molecule has 134 valence electrons. The Kier molecular flexibility index (Phi) is 4.78. The van der Waals surface area contributed by atoms with E-state index in [1.807, 2.05) is 18.2 Å². The zero-order valence-electron chi connectivity index (χ0n) is 14.3. The predicted octanol–water partition coefficient (Wildman–Crippen LogP) is 0.919. The number of imide groups is 1. The molecule has 0 radical (unpaired) electrons. The number of nitrogens with zero attached hydrogens (tertiary/aromatic N) is 2. The number of urea groups is 1. The van der Waals surface area contributed by atoms with Gasteiger partial charge in [0.1, 0.15) is 6.54 Å². The van der Waals surface area contributed by atoms with Gasteiger partial charge in [-0.25, -0.2) is 4.79 Å². The Morgan fingerprint density at radius 3 is 2.64 bits per heavy atom. The summed E-state index contributed by atoms with van der Waals surface area (Å²) in [6.07, 6.45) is 1.69. The SMILES string of the molecule is COc1ccc(C2CCCN2C(=O)CN2C(=O)CNC2=O)cc1OC. The number of ether oxygens (including phenoxy) is 2. The number of amides is 4. The summed E-state index contributed by atoms with van der Waals surface area (Å²) in [4.78, 5) is 38.7. The third kappa shape index (κ3) is 3.24. The van der Waals surface area contributed by atoms with E-state index in [-0.39, 0.29) is 30.9 Å². The molecule has 1 aromatic carbocycles. The molecule has 0 aromatic heterocycles. The Labute approximate surface area is 145 Å². The van der Waals surface area contributed by atoms with E-state index >= 15 is 0 Å². The molecule has 2 aliphatic rings. The molecule has 2 aliphatic heterocycles. The summed E-state index contributed by atoms with van der Waals surface area (Å²) >= 11 is 0. The van der Waals surface area contributed by atoms with E-state index in [2.05, 4.69) is 5.32 Å². The van der Waals surface area contributed by atoms with E-state index in [1.54, 1.807) is 19.1 Å². The highest BCUT2D eigenvalue weighted by molar-refractivity contribution is 6.04. The quantitative estimate of drug-likeness (QED) is 0.800. The van der Waals surface area contributed by atoms with Gasteiger partial charge in [-0.1, -0.05) is 6.07 Å². The molecule has 1 aromatic rings. The Hall–Kier alpha value is -2.77. The van der Waals surface area contributed by atoms with Gasteiger partial charge in [-0.05, 0) is 30.5 Å². The summed E-state index contributed by atoms with van der Waals surface area (Å²) in [5, 5.41) is 2.42. The van der Waals surface area contributed by atoms with Crippen molar-refractivity contribution >= 4 is 17.8 Å². The lowest BCUT2D eigenvalue weighted by molar-refractivity contribution is -0.137. The molecule has 1 N–H and O–H groups in total. The number of hydrogen-bond acceptors (Lipinski definition) is 5. The number of carbonyl (C=O) groups excluding carboxylic acids is 3. The van der Waals surface area contributed by atoms with Crippen LogP contribution >= 0.6 is 0 Å². The topological polar surface area (TPSA) is 88.2 Å². The van der Waals surface area contributed by atoms with Crippen LogP contribution in [0.1, 0.15) is 24.4 Å². The third-order valence-electron chi connectivity index (χ3n) is 4.60. The van der Waals surface area contributed by atoms with Crippen LogP contribution in [0.3, 0.4) is 0 Å². The lowest BCUT2D eigenvalue weighted by Crippen LogP contribution is -2.42. The summed E-state index contributed by atoms with van der Waals surface area (Å²) in [6, 6.07) is 4.97. The van der Waals surface area contributed by atoms with Gasteiger partial charge < -0.3 is 19.7 Å². The second kappa shape index (κ2) is 7.00. The molecule has 1 atom stereocenters. The summed E-state index contributed by atoms with van der Waals surface area (Å²) in [6.45, 7) is 0.321. The number of benzene rings is 1. The van der Waals surface area contributed by atoms with Crippen LogP contribution < -0.4 is 14.8 Å². The number of carbonyl (C=O) groups is 3. The van der Waals surface area contributed by atoms with Crippen molar-refractivity contribution in [1.82, 2.24) is 15.1 Å². The van der Waals surface area contributed by atoms with Crippen molar-refractivity contribution < 1.29 is 23.9 Å². The maximum atomic E-state index is 12.6. The minimum atomic E-state index is -0.514. The Bertz CT molecular complexity index is 690. The number of hydrogen-bond donors (Lipinski definition) is 1. The minimum absolute atomic E-state index is 0.0504. The van der Waals surface area contributed by atoms with Gasteiger partial charge in [0.15, 0.2) is 11.5 Å². The zero-order valence-corrected chi connectivity index (χ0v) is 14.3. The fraction of sp³-hybridized carbons (Fsp3) is 0.471. The monoisotopic (exact) mass is 347 g/mol. The van der Waals surface area contributed by atoms with Crippen LogP contribution in [0.4, 0.5) is 4.79 Å². The van der Waals surface area contributed by atoms with Gasteiger partial charge >= 0.3 is 6.03 Å². The van der Waals surface area contributed by atoms with E-state index in [0.717, 1.165) is 23.3 Å². The molecule has 3 rings (SSSR count). The number of rotatable bonds is 5. The molecule has 8 heteroatoms. The van der Waals surface area contributed by atoms with Crippen molar-refractivity contribution in [3.05, 3.63) is 23.8 Å². The fourth-order valence-corrected chi connectivity index (χ4v) is 3.31. The minimum Gasteiger partial charge on any atom is -0.493 e. The van der Waals surface area contributed by atoms with Gasteiger partial charge in [0, 0.05) is 6.54 Å². The second-order valence-corrected chi connectivity index (χ2v) is 6.00. The third-order valence-corrected chi connectivity index (χ3v) is 4.60. The molecule has 2 saturated heterocycles. The van der Waals surface area contributed by atoms with Crippen LogP contribution in [0.25, 0.3) is 0 Å². The van der Waals surface area contributed by atoms with E-state index < -0.39 is 6.03 Å². The van der Waals surface area contributed by atoms with Gasteiger partial charge in [0.2, 0.25) is 5.91 Å². The molecule has 0 bridgehead atoms. The van der Waals surface area contributed by atoms with Gasteiger partial charge in [0.25, 0.3) is 5.91 Å². The van der Waals surface area contributed by atoms with Crippen molar-refractivity contribution in [2.24, 2.45) is 0 Å². The number of likely N-dealkylation sites (tertiary alicyclic amines) is 1. The molecule has 4 amide bonds. The van der Waals surface area contributed by atoms with Gasteiger partial charge in [0.05, 0.1) is 26.8 Å². The lowest BCUT2D eigenvalue weighted by atomic mass is 10.0. The molecule has 2 heterocycles. The summed E-state index contributed by atoms with van der Waals surface area (Å²) in [5.41, 5.74) is 0.945. The van der Waals surface area contributed by atoms with E-state index in [0.29, 0.717) is 18.0 Å². The summed E-state index contributed by atoms with van der Waals surface area (Å²) in [7, 11) is 3.14. The van der Waals surface area contributed by atoms with Gasteiger partial charge in [-0.15, -0.1) is 0 Å². The van der Waals surface area contributed by atoms with E-state index in [1.165, 1.54) is 0 Å². The first kappa shape index (κ1) is 17.1. The van der Waals surface area contributed by atoms with E-state index in [9.17, 15) is 14.4 Å². The first-order valence-electron chi connectivity index (χ1n) is 8.14. The molecule has 2 fully saturated rings. The second-order valence-electron chi connectivity index (χ2n) is 6.00. The normalized spacial score (nSPS) is 20.0. The first-order chi connectivity index (χ1) is 12.0. The summed E-state index contributed by atoms with van der Waals surface area (Å²) < 4.78 is 10.6. The van der Waals surface area contributed by atoms with Crippen LogP contribution in [-0.4, -0.2) is 61.5 Å². The highest BCUT2D eigenvalue weighted by Crippen LogP contribution is 2.36. The Morgan fingerprint density at radius 1 is 1.24 bits per heavy atom. The average Bonchev–Trinajstić information content (AvgIpc) is 3.23. The fourth-order valence-electron chi connectivity index (χ4n) is 3.31. The summed E-state index contributed by atoms with van der Waals surface area (Å²) in [5.74, 6) is 0.623. The van der Waals surface area contributed by atoms with Crippen molar-refractivity contribution in [3.63, 3.8) is 0 Å². The van der Waals surface area contributed by atoms with Gasteiger partial charge in [-0.2, -0.15) is 0 Å². The Morgan fingerprint density at radius 2 is 2.00 bits per heavy atom. The van der Waals surface area contributed by atoms with Gasteiger partial charge in [-0.3, -0.25) is 14.5 Å². The first-order valence-corrected chi connectivity index (χ1v) is 8.14. The lowest BCUT2D eigenvalue weighted by Gasteiger charge is -2.27. The van der Waals surface area contributed by atoms with Crippen molar-refractivity contribution in [3.8, 4) is 11.5 Å². The van der Waals surface area contributed by atoms with Crippen LogP contribution in [0.2, 0.25) is 0 Å². The maximum Gasteiger partial charge on any atom is 0.325 e. The molecular weight excluding hydrogens is 326 g/mol. The maximum absolute atomic E-state index is 12.6. The van der Waals surface area contributed by atoms with Crippen LogP contribution in [0.5, 0.6) is 11.5 Å². The van der Waals surface area contributed by atoms with Crippen LogP contribution in [-0.2, 0) is 9.59 Å². The average molecular weight is 347 g/mol. The smallest absolute Gasteiger partial charge is 0.325 e. The molecule has 0 spiro atoms. The molecular formula is C17H21N3O5. The highest BCUT2D eigenvalue weighted by atomic mass is 16.5. The molecule has 0 saturated carbocycles.